The van der Waals surface area contributed by atoms with Crippen molar-refractivity contribution in [2.75, 3.05) is 13.1 Å². The summed E-state index contributed by atoms with van der Waals surface area (Å²) in [6.07, 6.45) is 0.980. The lowest BCUT2D eigenvalue weighted by Gasteiger charge is -2.16. The Hall–Kier alpha value is -0.870. The van der Waals surface area contributed by atoms with Gasteiger partial charge in [0.1, 0.15) is 0 Å². The molecule has 1 aromatic heterocycles. The number of carbonyl (C=O) groups is 1. The summed E-state index contributed by atoms with van der Waals surface area (Å²) in [4.78, 5) is 12.4. The van der Waals surface area contributed by atoms with Crippen LogP contribution in [-0.2, 0) is 11.2 Å². The van der Waals surface area contributed by atoms with E-state index in [9.17, 15) is 4.79 Å². The van der Waals surface area contributed by atoms with Crippen LogP contribution in [-0.4, -0.2) is 24.2 Å². The van der Waals surface area contributed by atoms with Gasteiger partial charge >= 0.3 is 5.97 Å². The van der Waals surface area contributed by atoms with Gasteiger partial charge in [-0.05, 0) is 42.8 Å². The second kappa shape index (κ2) is 6.77. The van der Waals surface area contributed by atoms with Crippen molar-refractivity contribution in [3.05, 3.63) is 21.9 Å². The lowest BCUT2D eigenvalue weighted by Crippen LogP contribution is -2.33. The number of aryl methyl sites for hydroxylation is 1. The Balaban J connectivity index is 2.28. The molecule has 1 atom stereocenters. The largest absolute Gasteiger partial charge is 0.481 e. The van der Waals surface area contributed by atoms with Gasteiger partial charge in [0.05, 0.1) is 5.92 Å². The van der Waals surface area contributed by atoms with Crippen molar-refractivity contribution in [3.63, 3.8) is 0 Å². The van der Waals surface area contributed by atoms with Crippen molar-refractivity contribution in [2.45, 2.75) is 27.2 Å². The predicted octanol–water partition coefficient (Wildman–Crippen LogP) is 2.55. The summed E-state index contributed by atoms with van der Waals surface area (Å²) in [5, 5.41) is 14.4. The Morgan fingerprint density at radius 3 is 2.71 bits per heavy atom. The van der Waals surface area contributed by atoms with Gasteiger partial charge in [-0.1, -0.05) is 13.8 Å². The molecule has 2 N–H and O–H groups in total. The summed E-state index contributed by atoms with van der Waals surface area (Å²) in [5.74, 6) is -0.831. The fourth-order valence-electron chi connectivity index (χ4n) is 1.73. The van der Waals surface area contributed by atoms with Gasteiger partial charge in [-0.2, -0.15) is 0 Å². The highest BCUT2D eigenvalue weighted by Crippen LogP contribution is 2.15. The molecule has 0 amide bonds. The second-order valence-corrected chi connectivity index (χ2v) is 5.67. The summed E-state index contributed by atoms with van der Waals surface area (Å²) >= 11 is 1.76. The molecule has 0 aliphatic carbocycles. The SMILES string of the molecule is Cc1ccsc1CCNCC(C(=O)O)C(C)C. The quantitative estimate of drug-likeness (QED) is 0.736. The average molecular weight is 255 g/mol. The zero-order valence-corrected chi connectivity index (χ0v) is 11.5. The van der Waals surface area contributed by atoms with E-state index in [0.29, 0.717) is 6.54 Å². The maximum atomic E-state index is 11.0. The average Bonchev–Trinajstić information content (AvgIpc) is 2.63. The van der Waals surface area contributed by atoms with E-state index >= 15 is 0 Å². The monoisotopic (exact) mass is 255 g/mol. The molecule has 0 aliphatic rings. The van der Waals surface area contributed by atoms with Gasteiger partial charge in [0, 0.05) is 11.4 Å². The highest BCUT2D eigenvalue weighted by Gasteiger charge is 2.20. The summed E-state index contributed by atoms with van der Waals surface area (Å²) in [6.45, 7) is 7.41. The molecule has 1 aromatic rings. The molecule has 3 nitrogen and oxygen atoms in total. The maximum Gasteiger partial charge on any atom is 0.308 e. The van der Waals surface area contributed by atoms with Crippen molar-refractivity contribution < 1.29 is 9.90 Å². The predicted molar refractivity (Wildman–Crippen MR) is 71.6 cm³/mol. The molecule has 0 fully saturated rings. The first kappa shape index (κ1) is 14.2. The van der Waals surface area contributed by atoms with Crippen LogP contribution in [0.1, 0.15) is 24.3 Å². The Morgan fingerprint density at radius 1 is 1.53 bits per heavy atom. The van der Waals surface area contributed by atoms with Crippen molar-refractivity contribution in [3.8, 4) is 0 Å². The van der Waals surface area contributed by atoms with Crippen LogP contribution in [0.3, 0.4) is 0 Å². The minimum atomic E-state index is -0.709. The highest BCUT2D eigenvalue weighted by atomic mass is 32.1. The van der Waals surface area contributed by atoms with Gasteiger partial charge in [-0.3, -0.25) is 4.79 Å². The van der Waals surface area contributed by atoms with Gasteiger partial charge in [-0.15, -0.1) is 11.3 Å². The first-order valence-corrected chi connectivity index (χ1v) is 6.86. The topological polar surface area (TPSA) is 49.3 Å². The number of carboxylic acids is 1. The van der Waals surface area contributed by atoms with Crippen LogP contribution in [0.5, 0.6) is 0 Å². The van der Waals surface area contributed by atoms with E-state index in [2.05, 4.69) is 23.7 Å². The minimum absolute atomic E-state index is 0.170. The minimum Gasteiger partial charge on any atom is -0.481 e. The number of hydrogen-bond acceptors (Lipinski definition) is 3. The van der Waals surface area contributed by atoms with Crippen molar-refractivity contribution in [1.82, 2.24) is 5.32 Å². The van der Waals surface area contributed by atoms with Gasteiger partial charge in [0.25, 0.3) is 0 Å². The molecule has 0 aromatic carbocycles. The Kier molecular flexibility index (Phi) is 5.65. The Labute approximate surface area is 107 Å². The summed E-state index contributed by atoms with van der Waals surface area (Å²) in [6, 6.07) is 2.12. The number of aliphatic carboxylic acids is 1. The first-order valence-electron chi connectivity index (χ1n) is 5.99. The zero-order chi connectivity index (χ0) is 12.8. The standard InChI is InChI=1S/C13H21NO2S/c1-9(2)11(13(15)16)8-14-6-4-12-10(3)5-7-17-12/h5,7,9,11,14H,4,6,8H2,1-3H3,(H,15,16). The third kappa shape index (κ3) is 4.48. The molecule has 1 unspecified atom stereocenters. The lowest BCUT2D eigenvalue weighted by atomic mass is 9.96. The Morgan fingerprint density at radius 2 is 2.24 bits per heavy atom. The summed E-state index contributed by atoms with van der Waals surface area (Å²) < 4.78 is 0. The fourth-order valence-corrected chi connectivity index (χ4v) is 2.64. The molecule has 0 bridgehead atoms. The van der Waals surface area contributed by atoms with E-state index in [-0.39, 0.29) is 11.8 Å². The smallest absolute Gasteiger partial charge is 0.308 e. The van der Waals surface area contributed by atoms with Crippen LogP contribution in [0.15, 0.2) is 11.4 Å². The summed E-state index contributed by atoms with van der Waals surface area (Å²) in [7, 11) is 0. The van der Waals surface area contributed by atoms with Crippen molar-refractivity contribution >= 4 is 17.3 Å². The molecular formula is C13H21NO2S. The molecule has 96 valence electrons. The van der Waals surface area contributed by atoms with Crippen LogP contribution >= 0.6 is 11.3 Å². The molecule has 0 saturated heterocycles. The van der Waals surface area contributed by atoms with Crippen LogP contribution in [0.25, 0.3) is 0 Å². The van der Waals surface area contributed by atoms with Gasteiger partial charge < -0.3 is 10.4 Å². The molecule has 4 heteroatoms. The normalized spacial score (nSPS) is 12.9. The number of hydrogen-bond donors (Lipinski definition) is 2. The third-order valence-corrected chi connectivity index (χ3v) is 4.07. The van der Waals surface area contributed by atoms with E-state index in [0.717, 1.165) is 13.0 Å². The molecular weight excluding hydrogens is 234 g/mol. The molecule has 0 radical (unpaired) electrons. The number of carboxylic acid groups (broad SMARTS) is 1. The molecule has 0 aliphatic heterocycles. The van der Waals surface area contributed by atoms with Crippen LogP contribution < -0.4 is 5.32 Å². The van der Waals surface area contributed by atoms with Crippen LogP contribution in [0, 0.1) is 18.8 Å². The Bertz CT molecular complexity index is 360. The maximum absolute atomic E-state index is 11.0. The number of rotatable bonds is 7. The van der Waals surface area contributed by atoms with Gasteiger partial charge in [0.2, 0.25) is 0 Å². The molecule has 1 rings (SSSR count). The van der Waals surface area contributed by atoms with Crippen LogP contribution in [0.4, 0.5) is 0 Å². The second-order valence-electron chi connectivity index (χ2n) is 4.67. The van der Waals surface area contributed by atoms with Gasteiger partial charge in [-0.25, -0.2) is 0 Å². The van der Waals surface area contributed by atoms with E-state index in [1.54, 1.807) is 11.3 Å². The van der Waals surface area contributed by atoms with Crippen molar-refractivity contribution in [1.29, 1.82) is 0 Å². The third-order valence-electron chi connectivity index (χ3n) is 2.98. The van der Waals surface area contributed by atoms with E-state index < -0.39 is 5.97 Å². The van der Waals surface area contributed by atoms with Crippen molar-refractivity contribution in [2.24, 2.45) is 11.8 Å². The lowest BCUT2D eigenvalue weighted by molar-refractivity contribution is -0.143. The zero-order valence-electron chi connectivity index (χ0n) is 10.7. The molecule has 0 saturated carbocycles. The summed E-state index contributed by atoms with van der Waals surface area (Å²) in [5.41, 5.74) is 1.33. The van der Waals surface area contributed by atoms with E-state index in [4.69, 9.17) is 5.11 Å². The van der Waals surface area contributed by atoms with E-state index in [1.807, 2.05) is 13.8 Å². The molecule has 1 heterocycles. The highest BCUT2D eigenvalue weighted by molar-refractivity contribution is 7.10. The number of nitrogens with one attached hydrogen (secondary N) is 1. The molecule has 17 heavy (non-hydrogen) atoms. The first-order chi connectivity index (χ1) is 8.02. The van der Waals surface area contributed by atoms with Gasteiger partial charge in [0.15, 0.2) is 0 Å². The fraction of sp³-hybridized carbons (Fsp3) is 0.615. The number of thiophene rings is 1. The molecule has 0 spiro atoms. The van der Waals surface area contributed by atoms with Crippen LogP contribution in [0.2, 0.25) is 0 Å². The van der Waals surface area contributed by atoms with E-state index in [1.165, 1.54) is 10.4 Å².